The molecule has 1 N–H and O–H groups in total. The first kappa shape index (κ1) is 11.3. The third-order valence-corrected chi connectivity index (χ3v) is 3.16. The van der Waals surface area contributed by atoms with Crippen LogP contribution < -0.4 is 5.32 Å². The summed E-state index contributed by atoms with van der Waals surface area (Å²) in [5, 5.41) is 3.38. The summed E-state index contributed by atoms with van der Waals surface area (Å²) < 4.78 is 0. The smallest absolute Gasteiger partial charge is 0.181 e. The van der Waals surface area contributed by atoms with Crippen molar-refractivity contribution < 1.29 is 4.79 Å². The molecule has 1 aliphatic heterocycles. The molecular weight excluding hydrogens is 200 g/mol. The van der Waals surface area contributed by atoms with Gasteiger partial charge in [-0.2, -0.15) is 0 Å². The zero-order chi connectivity index (χ0) is 11.4. The van der Waals surface area contributed by atoms with Crippen LogP contribution in [-0.4, -0.2) is 23.9 Å². The lowest BCUT2D eigenvalue weighted by molar-refractivity contribution is 0.0981. The molecule has 0 saturated carbocycles. The summed E-state index contributed by atoms with van der Waals surface area (Å²) in [5.41, 5.74) is 1.81. The number of ketones is 1. The van der Waals surface area contributed by atoms with Gasteiger partial charge < -0.3 is 5.32 Å². The number of Topliss-reactive ketones (excluding diaryl/α,β-unsaturated/α-hetero) is 1. The highest BCUT2D eigenvalue weighted by Gasteiger charge is 2.20. The summed E-state index contributed by atoms with van der Waals surface area (Å²) in [6.45, 7) is 3.95. The van der Waals surface area contributed by atoms with E-state index in [0.29, 0.717) is 18.0 Å². The fraction of sp³-hybridized carbons (Fsp3) is 0.538. The lowest BCUT2D eigenvalue weighted by Gasteiger charge is -2.24. The predicted molar refractivity (Wildman–Crippen MR) is 63.7 cm³/mol. The average Bonchev–Trinajstić information content (AvgIpc) is 2.39. The van der Waals surface area contributed by atoms with Crippen molar-refractivity contribution in [2.45, 2.75) is 32.1 Å². The highest BCUT2D eigenvalue weighted by molar-refractivity contribution is 5.95. The molecule has 1 aliphatic rings. The SMILES string of the molecule is CCC(=O)c1ncccc1C1CCCNC1. The number of carbonyl (C=O) groups is 1. The van der Waals surface area contributed by atoms with Gasteiger partial charge in [0, 0.05) is 19.2 Å². The van der Waals surface area contributed by atoms with Gasteiger partial charge in [-0.15, -0.1) is 0 Å². The van der Waals surface area contributed by atoms with E-state index in [4.69, 9.17) is 0 Å². The van der Waals surface area contributed by atoms with Crippen molar-refractivity contribution in [3.05, 3.63) is 29.6 Å². The topological polar surface area (TPSA) is 42.0 Å². The molecule has 0 aromatic carbocycles. The van der Waals surface area contributed by atoms with Crippen LogP contribution in [0, 0.1) is 0 Å². The number of pyridine rings is 1. The third-order valence-electron chi connectivity index (χ3n) is 3.16. The lowest BCUT2D eigenvalue weighted by atomic mass is 9.89. The summed E-state index contributed by atoms with van der Waals surface area (Å²) >= 11 is 0. The van der Waals surface area contributed by atoms with Crippen LogP contribution in [0.15, 0.2) is 18.3 Å². The molecule has 0 spiro atoms. The summed E-state index contributed by atoms with van der Waals surface area (Å²) in [6, 6.07) is 3.98. The van der Waals surface area contributed by atoms with Crippen LogP contribution in [0.4, 0.5) is 0 Å². The van der Waals surface area contributed by atoms with Gasteiger partial charge in [-0.25, -0.2) is 0 Å². The number of nitrogens with zero attached hydrogens (tertiary/aromatic N) is 1. The van der Waals surface area contributed by atoms with E-state index >= 15 is 0 Å². The van der Waals surface area contributed by atoms with Gasteiger partial charge in [-0.05, 0) is 36.9 Å². The molecule has 0 bridgehead atoms. The molecule has 86 valence electrons. The molecule has 3 heteroatoms. The zero-order valence-electron chi connectivity index (χ0n) is 9.70. The first-order valence-corrected chi connectivity index (χ1v) is 6.01. The van der Waals surface area contributed by atoms with Crippen molar-refractivity contribution in [1.29, 1.82) is 0 Å². The summed E-state index contributed by atoms with van der Waals surface area (Å²) in [6.07, 6.45) is 4.58. The maximum absolute atomic E-state index is 11.8. The molecule has 1 aromatic heterocycles. The van der Waals surface area contributed by atoms with E-state index in [-0.39, 0.29) is 5.78 Å². The molecule has 1 saturated heterocycles. The molecule has 3 nitrogen and oxygen atoms in total. The Labute approximate surface area is 96.3 Å². The average molecular weight is 218 g/mol. The predicted octanol–water partition coefficient (Wildman–Crippen LogP) is 2.14. The molecular formula is C13H18N2O. The van der Waals surface area contributed by atoms with Gasteiger partial charge in [-0.3, -0.25) is 9.78 Å². The maximum Gasteiger partial charge on any atom is 0.181 e. The Hall–Kier alpha value is -1.22. The monoisotopic (exact) mass is 218 g/mol. The van der Waals surface area contributed by atoms with Gasteiger partial charge in [-0.1, -0.05) is 13.0 Å². The van der Waals surface area contributed by atoms with Gasteiger partial charge in [0.2, 0.25) is 0 Å². The number of hydrogen-bond donors (Lipinski definition) is 1. The highest BCUT2D eigenvalue weighted by atomic mass is 16.1. The molecule has 1 atom stereocenters. The van der Waals surface area contributed by atoms with Gasteiger partial charge in [0.1, 0.15) is 5.69 Å². The molecule has 1 unspecified atom stereocenters. The number of carbonyl (C=O) groups excluding carboxylic acids is 1. The van der Waals surface area contributed by atoms with Crippen LogP contribution in [0.5, 0.6) is 0 Å². The van der Waals surface area contributed by atoms with Crippen LogP contribution in [0.2, 0.25) is 0 Å². The van der Waals surface area contributed by atoms with Crippen LogP contribution >= 0.6 is 0 Å². The second-order valence-electron chi connectivity index (χ2n) is 4.26. The minimum absolute atomic E-state index is 0.154. The summed E-state index contributed by atoms with van der Waals surface area (Å²) in [7, 11) is 0. The van der Waals surface area contributed by atoms with Gasteiger partial charge in [0.05, 0.1) is 0 Å². The normalized spacial score (nSPS) is 20.7. The van der Waals surface area contributed by atoms with Crippen LogP contribution in [0.25, 0.3) is 0 Å². The molecule has 2 heterocycles. The van der Waals surface area contributed by atoms with E-state index in [1.165, 1.54) is 6.42 Å². The second-order valence-corrected chi connectivity index (χ2v) is 4.26. The molecule has 2 rings (SSSR count). The Morgan fingerprint density at radius 2 is 2.50 bits per heavy atom. The lowest BCUT2D eigenvalue weighted by Crippen LogP contribution is -2.29. The Morgan fingerprint density at radius 1 is 1.62 bits per heavy atom. The van der Waals surface area contributed by atoms with E-state index in [1.807, 2.05) is 19.1 Å². The molecule has 16 heavy (non-hydrogen) atoms. The first-order valence-electron chi connectivity index (χ1n) is 6.01. The zero-order valence-corrected chi connectivity index (χ0v) is 9.70. The molecule has 0 amide bonds. The fourth-order valence-electron chi connectivity index (χ4n) is 2.26. The van der Waals surface area contributed by atoms with Crippen LogP contribution in [-0.2, 0) is 0 Å². The number of aromatic nitrogens is 1. The number of rotatable bonds is 3. The van der Waals surface area contributed by atoms with Crippen molar-refractivity contribution in [3.8, 4) is 0 Å². The van der Waals surface area contributed by atoms with E-state index in [1.54, 1.807) is 6.20 Å². The standard InChI is InChI=1S/C13H18N2O/c1-2-12(16)13-11(6-4-8-15-13)10-5-3-7-14-9-10/h4,6,8,10,14H,2-3,5,7,9H2,1H3. The van der Waals surface area contributed by atoms with Crippen molar-refractivity contribution in [2.75, 3.05) is 13.1 Å². The Kier molecular flexibility index (Phi) is 3.67. The maximum atomic E-state index is 11.8. The minimum Gasteiger partial charge on any atom is -0.316 e. The summed E-state index contributed by atoms with van der Waals surface area (Å²) in [4.78, 5) is 16.0. The largest absolute Gasteiger partial charge is 0.316 e. The van der Waals surface area contributed by atoms with Gasteiger partial charge >= 0.3 is 0 Å². The first-order chi connectivity index (χ1) is 7.83. The Balaban J connectivity index is 2.28. The van der Waals surface area contributed by atoms with Gasteiger partial charge in [0.15, 0.2) is 5.78 Å². The third kappa shape index (κ3) is 2.30. The van der Waals surface area contributed by atoms with E-state index in [0.717, 1.165) is 25.1 Å². The van der Waals surface area contributed by atoms with E-state index in [9.17, 15) is 4.79 Å². The van der Waals surface area contributed by atoms with Crippen molar-refractivity contribution in [1.82, 2.24) is 10.3 Å². The number of piperidine rings is 1. The molecule has 1 fully saturated rings. The summed E-state index contributed by atoms with van der Waals surface area (Å²) in [5.74, 6) is 0.606. The second kappa shape index (κ2) is 5.21. The van der Waals surface area contributed by atoms with Crippen molar-refractivity contribution in [2.24, 2.45) is 0 Å². The van der Waals surface area contributed by atoms with Crippen LogP contribution in [0.1, 0.15) is 48.2 Å². The van der Waals surface area contributed by atoms with Crippen molar-refractivity contribution >= 4 is 5.78 Å². The Bertz CT molecular complexity index is 370. The Morgan fingerprint density at radius 3 is 3.19 bits per heavy atom. The van der Waals surface area contributed by atoms with Crippen LogP contribution in [0.3, 0.4) is 0 Å². The molecule has 0 aliphatic carbocycles. The molecule has 1 aromatic rings. The highest BCUT2D eigenvalue weighted by Crippen LogP contribution is 2.25. The van der Waals surface area contributed by atoms with E-state index < -0.39 is 0 Å². The minimum atomic E-state index is 0.154. The van der Waals surface area contributed by atoms with E-state index in [2.05, 4.69) is 10.3 Å². The fourth-order valence-corrected chi connectivity index (χ4v) is 2.26. The van der Waals surface area contributed by atoms with Gasteiger partial charge in [0.25, 0.3) is 0 Å². The number of hydrogen-bond acceptors (Lipinski definition) is 3. The molecule has 0 radical (unpaired) electrons. The quantitative estimate of drug-likeness (QED) is 0.790. The van der Waals surface area contributed by atoms with Crippen molar-refractivity contribution in [3.63, 3.8) is 0 Å². The number of nitrogens with one attached hydrogen (secondary N) is 1.